The molecule has 0 saturated heterocycles. The van der Waals surface area contributed by atoms with Gasteiger partial charge in [0.1, 0.15) is 19.3 Å². The van der Waals surface area contributed by atoms with Crippen molar-refractivity contribution in [2.75, 3.05) is 40.9 Å². The normalized spacial score (nSPS) is 14.0. The molecule has 0 fully saturated rings. The van der Waals surface area contributed by atoms with Crippen molar-refractivity contribution in [3.05, 3.63) is 60.8 Å². The maximum atomic E-state index is 13.6. The van der Waals surface area contributed by atoms with Crippen molar-refractivity contribution < 1.29 is 37.3 Å². The Kier molecular flexibility index (Phi) is 57.2. The zero-order valence-corrected chi connectivity index (χ0v) is 53.8. The van der Waals surface area contributed by atoms with E-state index >= 15 is 0 Å². The number of esters is 1. The van der Waals surface area contributed by atoms with E-state index in [1.165, 1.54) is 199 Å². The van der Waals surface area contributed by atoms with Gasteiger partial charge in [0.05, 0.1) is 33.8 Å². The molecule has 79 heavy (non-hydrogen) atoms. The van der Waals surface area contributed by atoms with Crippen molar-refractivity contribution in [2.24, 2.45) is 0 Å². The molecule has 462 valence electrons. The third-order valence-corrected chi connectivity index (χ3v) is 15.9. The summed E-state index contributed by atoms with van der Waals surface area (Å²) in [6.45, 7) is 7.01. The highest BCUT2D eigenvalue weighted by Crippen LogP contribution is 2.43. The third kappa shape index (κ3) is 60.1. The minimum Gasteiger partial charge on any atom is -0.456 e. The smallest absolute Gasteiger partial charge is 0.456 e. The van der Waals surface area contributed by atoms with Gasteiger partial charge in [0.25, 0.3) is 0 Å². The van der Waals surface area contributed by atoms with Crippen molar-refractivity contribution in [3.63, 3.8) is 0 Å². The van der Waals surface area contributed by atoms with E-state index in [1.54, 1.807) is 0 Å². The number of carbonyl (C=O) groups is 2. The Bertz CT molecular complexity index is 1540. The number of hydrogen-bond acceptors (Lipinski definition) is 6. The van der Waals surface area contributed by atoms with Crippen molar-refractivity contribution >= 4 is 19.7 Å². The SMILES string of the molecule is CCCCC/C=C\C/C=C\C/C=C\CCCCCCCCCCC(=O)OC(/C=C/CCCCCCCCCCCCC)C(COP(=O)(O)OCC[N+](C)(C)C)NC(=O)CCCCCCCCCCC/C=C/CCCCCCCC. The minimum atomic E-state index is -4.45. The molecule has 0 radical (unpaired) electrons. The predicted octanol–water partition coefficient (Wildman–Crippen LogP) is 21.0. The van der Waals surface area contributed by atoms with Crippen LogP contribution in [0.15, 0.2) is 60.8 Å². The van der Waals surface area contributed by atoms with Gasteiger partial charge in [-0.2, -0.15) is 0 Å². The van der Waals surface area contributed by atoms with Crippen LogP contribution in [0.2, 0.25) is 0 Å². The number of nitrogens with zero attached hydrogens (tertiary/aromatic N) is 1. The Morgan fingerprint density at radius 2 is 0.772 bits per heavy atom. The molecule has 0 heterocycles. The second-order valence-electron chi connectivity index (χ2n) is 24.0. The van der Waals surface area contributed by atoms with Crippen molar-refractivity contribution in [2.45, 2.75) is 328 Å². The van der Waals surface area contributed by atoms with E-state index in [0.29, 0.717) is 17.4 Å². The van der Waals surface area contributed by atoms with Crippen LogP contribution in [-0.2, 0) is 27.9 Å². The first-order valence-electron chi connectivity index (χ1n) is 33.6. The van der Waals surface area contributed by atoms with E-state index in [-0.39, 0.29) is 31.5 Å². The Morgan fingerprint density at radius 1 is 0.443 bits per heavy atom. The topological polar surface area (TPSA) is 111 Å². The van der Waals surface area contributed by atoms with E-state index in [9.17, 15) is 19.0 Å². The summed E-state index contributed by atoms with van der Waals surface area (Å²) in [6, 6.07) is -0.854. The summed E-state index contributed by atoms with van der Waals surface area (Å²) in [4.78, 5) is 37.8. The fourth-order valence-corrected chi connectivity index (χ4v) is 10.4. The summed E-state index contributed by atoms with van der Waals surface area (Å²) in [5.74, 6) is -0.506. The molecule has 0 aliphatic rings. The molecule has 0 aliphatic heterocycles. The second kappa shape index (κ2) is 58.9. The van der Waals surface area contributed by atoms with Gasteiger partial charge in [-0.05, 0) is 96.0 Å². The van der Waals surface area contributed by atoms with Gasteiger partial charge in [-0.1, -0.05) is 268 Å². The Hall–Kier alpha value is -2.29. The van der Waals surface area contributed by atoms with Crippen LogP contribution in [0.5, 0.6) is 0 Å². The molecular weight excluding hydrogens is 1000 g/mol. The second-order valence-corrected chi connectivity index (χ2v) is 25.4. The fourth-order valence-electron chi connectivity index (χ4n) is 9.71. The van der Waals surface area contributed by atoms with Gasteiger partial charge in [-0.25, -0.2) is 4.57 Å². The van der Waals surface area contributed by atoms with Crippen LogP contribution in [0.4, 0.5) is 0 Å². The number of quaternary nitrogens is 1. The van der Waals surface area contributed by atoms with E-state index in [4.69, 9.17) is 13.8 Å². The average molecular weight is 1130 g/mol. The lowest BCUT2D eigenvalue weighted by atomic mass is 10.0. The van der Waals surface area contributed by atoms with Gasteiger partial charge >= 0.3 is 13.8 Å². The largest absolute Gasteiger partial charge is 0.472 e. The van der Waals surface area contributed by atoms with Crippen LogP contribution >= 0.6 is 7.82 Å². The summed E-state index contributed by atoms with van der Waals surface area (Å²) < 4.78 is 30.8. The van der Waals surface area contributed by atoms with Crippen molar-refractivity contribution in [3.8, 4) is 0 Å². The summed E-state index contributed by atoms with van der Waals surface area (Å²) in [7, 11) is 1.49. The van der Waals surface area contributed by atoms with Gasteiger partial charge in [-0.15, -0.1) is 0 Å². The molecule has 2 N–H and O–H groups in total. The molecule has 0 aromatic heterocycles. The molecule has 0 aromatic carbocycles. The molecule has 9 nitrogen and oxygen atoms in total. The monoisotopic (exact) mass is 1130 g/mol. The lowest BCUT2D eigenvalue weighted by Crippen LogP contribution is -2.47. The summed E-state index contributed by atoms with van der Waals surface area (Å²) in [5.41, 5.74) is 0. The average Bonchev–Trinajstić information content (AvgIpc) is 3.41. The molecule has 1 amide bonds. The highest BCUT2D eigenvalue weighted by molar-refractivity contribution is 7.47. The number of unbranched alkanes of at least 4 members (excludes halogenated alkanes) is 37. The Morgan fingerprint density at radius 3 is 1.19 bits per heavy atom. The number of hydrogen-bond donors (Lipinski definition) is 2. The van der Waals surface area contributed by atoms with E-state index in [2.05, 4.69) is 74.7 Å². The van der Waals surface area contributed by atoms with Crippen molar-refractivity contribution in [1.29, 1.82) is 0 Å². The number of likely N-dealkylation sites (N-methyl/N-ethyl adjacent to an activating group) is 1. The standard InChI is InChI=1S/C69H129N2O7P/c1-7-10-13-16-19-22-25-28-30-32-34-35-37-39-41-44-47-50-53-56-59-62-69(73)78-67(60-57-54-51-48-45-42-27-24-21-18-15-12-9-3)66(65-77-79(74,75)76-64-63-71(4,5)6)70-68(72)61-58-55-52-49-46-43-40-38-36-33-31-29-26-23-20-17-14-11-8-2/h19,22,28-31,34-35,57,60,66-67H,7-18,20-21,23-27,32-33,36-56,58-59,61-65H2,1-6H3,(H-,70,72,74,75)/p+1/b22-19-,30-28-,31-29+,35-34-,60-57+. The van der Waals surface area contributed by atoms with Crippen LogP contribution in [0, 0.1) is 0 Å². The summed E-state index contributed by atoms with van der Waals surface area (Å²) >= 11 is 0. The highest BCUT2D eigenvalue weighted by atomic mass is 31.2. The maximum Gasteiger partial charge on any atom is 0.472 e. The number of carbonyl (C=O) groups excluding carboxylic acids is 2. The van der Waals surface area contributed by atoms with Gasteiger partial charge < -0.3 is 19.4 Å². The van der Waals surface area contributed by atoms with E-state index < -0.39 is 20.0 Å². The predicted molar refractivity (Wildman–Crippen MR) is 342 cm³/mol. The Balaban J connectivity index is 5.21. The fraction of sp³-hybridized carbons (Fsp3) is 0.826. The van der Waals surface area contributed by atoms with Crippen LogP contribution in [0.1, 0.15) is 316 Å². The van der Waals surface area contributed by atoms with E-state index in [1.807, 2.05) is 33.3 Å². The molecule has 0 saturated carbocycles. The van der Waals surface area contributed by atoms with Crippen LogP contribution in [0.3, 0.4) is 0 Å². The minimum absolute atomic E-state index is 0.0381. The number of amides is 1. The number of phosphoric ester groups is 1. The number of phosphoric acid groups is 1. The van der Waals surface area contributed by atoms with Crippen LogP contribution in [-0.4, -0.2) is 74.3 Å². The van der Waals surface area contributed by atoms with Gasteiger partial charge in [-0.3, -0.25) is 18.6 Å². The zero-order valence-electron chi connectivity index (χ0n) is 52.9. The van der Waals surface area contributed by atoms with Gasteiger partial charge in [0.2, 0.25) is 5.91 Å². The lowest BCUT2D eigenvalue weighted by Gasteiger charge is -2.27. The number of allylic oxidation sites excluding steroid dienone is 9. The quantitative estimate of drug-likeness (QED) is 0.0205. The molecule has 10 heteroatoms. The number of nitrogens with one attached hydrogen (secondary N) is 1. The molecule has 3 atom stereocenters. The van der Waals surface area contributed by atoms with Crippen LogP contribution < -0.4 is 5.32 Å². The molecule has 0 bridgehead atoms. The number of rotatable bonds is 61. The molecular formula is C69H130N2O7P+. The van der Waals surface area contributed by atoms with E-state index in [0.717, 1.165) is 83.5 Å². The molecule has 0 aliphatic carbocycles. The Labute approximate surface area is 490 Å². The molecule has 0 aromatic rings. The molecule has 0 rings (SSSR count). The maximum absolute atomic E-state index is 13.6. The van der Waals surface area contributed by atoms with Gasteiger partial charge in [0, 0.05) is 12.8 Å². The first kappa shape index (κ1) is 76.7. The lowest BCUT2D eigenvalue weighted by molar-refractivity contribution is -0.870. The molecule has 0 spiro atoms. The summed E-state index contributed by atoms with van der Waals surface area (Å²) in [6.07, 6.45) is 75.0. The number of ether oxygens (including phenoxy) is 1. The van der Waals surface area contributed by atoms with Gasteiger partial charge in [0.15, 0.2) is 0 Å². The highest BCUT2D eigenvalue weighted by Gasteiger charge is 2.30. The first-order chi connectivity index (χ1) is 38.4. The summed E-state index contributed by atoms with van der Waals surface area (Å²) in [5, 5.41) is 3.07. The molecule has 3 unspecified atom stereocenters. The third-order valence-electron chi connectivity index (χ3n) is 14.9. The van der Waals surface area contributed by atoms with Crippen LogP contribution in [0.25, 0.3) is 0 Å². The first-order valence-corrected chi connectivity index (χ1v) is 35.1. The zero-order chi connectivity index (χ0) is 57.9. The van der Waals surface area contributed by atoms with Crippen molar-refractivity contribution in [1.82, 2.24) is 5.32 Å².